The molecule has 0 radical (unpaired) electrons. The standard InChI is InChI=1S/C26H29N3O4/c1-17(30)28-22-11-7-8-18(14-22)16-27-24(31)23(29-25(32)33-26(2,3)4)21-13-12-19-9-5-6-10-20(19)15-21/h5-15,23H,16H2,1-4H3,(H,27,31)(H,28,30)(H,29,32). The van der Waals surface area contributed by atoms with E-state index >= 15 is 0 Å². The molecule has 33 heavy (non-hydrogen) atoms. The second-order valence-electron chi connectivity index (χ2n) is 8.79. The molecule has 0 saturated carbocycles. The molecular weight excluding hydrogens is 418 g/mol. The highest BCUT2D eigenvalue weighted by molar-refractivity contribution is 5.90. The van der Waals surface area contributed by atoms with E-state index in [0.29, 0.717) is 11.3 Å². The van der Waals surface area contributed by atoms with Crippen LogP contribution in [0.15, 0.2) is 66.7 Å². The zero-order valence-electron chi connectivity index (χ0n) is 19.3. The lowest BCUT2D eigenvalue weighted by Crippen LogP contribution is -2.42. The van der Waals surface area contributed by atoms with Crippen molar-refractivity contribution in [3.63, 3.8) is 0 Å². The molecule has 0 aromatic heterocycles. The Bertz CT molecular complexity index is 1170. The van der Waals surface area contributed by atoms with E-state index in [2.05, 4.69) is 16.0 Å². The molecule has 0 saturated heterocycles. The predicted octanol–water partition coefficient (Wildman–Crippen LogP) is 4.68. The van der Waals surface area contributed by atoms with Crippen LogP contribution in [0, 0.1) is 0 Å². The molecule has 3 amide bonds. The zero-order valence-corrected chi connectivity index (χ0v) is 19.3. The number of amides is 3. The number of benzene rings is 3. The number of alkyl carbamates (subject to hydrolysis) is 1. The Morgan fingerprint density at radius 2 is 1.64 bits per heavy atom. The molecule has 7 nitrogen and oxygen atoms in total. The van der Waals surface area contributed by atoms with Crippen LogP contribution in [0.25, 0.3) is 10.8 Å². The summed E-state index contributed by atoms with van der Waals surface area (Å²) < 4.78 is 5.37. The molecule has 0 fully saturated rings. The van der Waals surface area contributed by atoms with E-state index in [4.69, 9.17) is 4.74 Å². The third kappa shape index (κ3) is 7.07. The summed E-state index contributed by atoms with van der Waals surface area (Å²) in [6.45, 7) is 6.95. The molecule has 0 heterocycles. The molecule has 1 atom stereocenters. The van der Waals surface area contributed by atoms with Gasteiger partial charge in [0.05, 0.1) is 0 Å². The first-order chi connectivity index (χ1) is 15.6. The summed E-state index contributed by atoms with van der Waals surface area (Å²) in [6.07, 6.45) is -0.677. The minimum absolute atomic E-state index is 0.172. The molecule has 172 valence electrons. The average molecular weight is 448 g/mol. The van der Waals surface area contributed by atoms with Crippen LogP contribution in [0.5, 0.6) is 0 Å². The van der Waals surface area contributed by atoms with Crippen molar-refractivity contribution < 1.29 is 19.1 Å². The fraction of sp³-hybridized carbons (Fsp3) is 0.269. The summed E-state index contributed by atoms with van der Waals surface area (Å²) in [5.74, 6) is -0.546. The Balaban J connectivity index is 1.81. The number of hydrogen-bond acceptors (Lipinski definition) is 4. The van der Waals surface area contributed by atoms with Gasteiger partial charge in [-0.25, -0.2) is 4.79 Å². The van der Waals surface area contributed by atoms with Crippen LogP contribution >= 0.6 is 0 Å². The molecule has 0 aliphatic rings. The Morgan fingerprint density at radius 1 is 0.909 bits per heavy atom. The van der Waals surface area contributed by atoms with Crippen LogP contribution < -0.4 is 16.0 Å². The average Bonchev–Trinajstić information content (AvgIpc) is 2.74. The van der Waals surface area contributed by atoms with Crippen LogP contribution in [0.2, 0.25) is 0 Å². The van der Waals surface area contributed by atoms with Gasteiger partial charge in [-0.2, -0.15) is 0 Å². The monoisotopic (exact) mass is 447 g/mol. The predicted molar refractivity (Wildman–Crippen MR) is 129 cm³/mol. The summed E-state index contributed by atoms with van der Waals surface area (Å²) in [5.41, 5.74) is 1.40. The molecule has 0 spiro atoms. The van der Waals surface area contributed by atoms with Crippen LogP contribution in [-0.4, -0.2) is 23.5 Å². The van der Waals surface area contributed by atoms with Gasteiger partial charge >= 0.3 is 6.09 Å². The number of carbonyl (C=O) groups excluding carboxylic acids is 3. The van der Waals surface area contributed by atoms with E-state index in [1.807, 2.05) is 48.5 Å². The van der Waals surface area contributed by atoms with Crippen molar-refractivity contribution in [1.29, 1.82) is 0 Å². The van der Waals surface area contributed by atoms with Crippen LogP contribution in [0.1, 0.15) is 44.9 Å². The summed E-state index contributed by atoms with van der Waals surface area (Å²) in [6, 6.07) is 19.7. The molecule has 0 aliphatic carbocycles. The van der Waals surface area contributed by atoms with Gasteiger partial charge in [0.1, 0.15) is 11.6 Å². The first kappa shape index (κ1) is 23.8. The fourth-order valence-electron chi connectivity index (χ4n) is 3.37. The minimum atomic E-state index is -0.942. The van der Waals surface area contributed by atoms with Crippen molar-refractivity contribution in [3.8, 4) is 0 Å². The van der Waals surface area contributed by atoms with Crippen LogP contribution in [0.4, 0.5) is 10.5 Å². The molecule has 0 bridgehead atoms. The number of rotatable bonds is 6. The summed E-state index contributed by atoms with van der Waals surface area (Å²) in [4.78, 5) is 36.9. The van der Waals surface area contributed by atoms with Crippen LogP contribution in [-0.2, 0) is 20.9 Å². The SMILES string of the molecule is CC(=O)Nc1cccc(CNC(=O)C(NC(=O)OC(C)(C)C)c2ccc3ccccc3c2)c1. The van der Waals surface area contributed by atoms with Crippen molar-refractivity contribution in [2.75, 3.05) is 5.32 Å². The number of nitrogens with one attached hydrogen (secondary N) is 3. The summed E-state index contributed by atoms with van der Waals surface area (Å²) in [5, 5.41) is 10.3. The number of fused-ring (bicyclic) bond motifs is 1. The maximum atomic E-state index is 13.2. The lowest BCUT2D eigenvalue weighted by Gasteiger charge is -2.24. The van der Waals surface area contributed by atoms with Crippen molar-refractivity contribution in [2.45, 2.75) is 45.9 Å². The van der Waals surface area contributed by atoms with E-state index in [-0.39, 0.29) is 18.4 Å². The van der Waals surface area contributed by atoms with Crippen molar-refractivity contribution in [3.05, 3.63) is 77.9 Å². The third-order valence-corrected chi connectivity index (χ3v) is 4.74. The Hall–Kier alpha value is -3.87. The lowest BCUT2D eigenvalue weighted by molar-refractivity contribution is -0.123. The topological polar surface area (TPSA) is 96.5 Å². The van der Waals surface area contributed by atoms with Gasteiger partial charge < -0.3 is 20.7 Å². The minimum Gasteiger partial charge on any atom is -0.444 e. The molecule has 3 aromatic carbocycles. The van der Waals surface area contributed by atoms with Gasteiger partial charge in [-0.3, -0.25) is 9.59 Å². The second kappa shape index (κ2) is 10.2. The Kier molecular flexibility index (Phi) is 7.33. The Morgan fingerprint density at radius 3 is 2.33 bits per heavy atom. The van der Waals surface area contributed by atoms with E-state index < -0.39 is 17.7 Å². The Labute approximate surface area is 193 Å². The van der Waals surface area contributed by atoms with E-state index in [1.165, 1.54) is 6.92 Å². The zero-order chi connectivity index (χ0) is 24.0. The smallest absolute Gasteiger partial charge is 0.408 e. The van der Waals surface area contributed by atoms with Gasteiger partial charge in [-0.05, 0) is 60.9 Å². The molecule has 1 unspecified atom stereocenters. The summed E-state index contributed by atoms with van der Waals surface area (Å²) >= 11 is 0. The second-order valence-corrected chi connectivity index (χ2v) is 8.79. The highest BCUT2D eigenvalue weighted by Gasteiger charge is 2.26. The van der Waals surface area contributed by atoms with Crippen molar-refractivity contribution in [2.24, 2.45) is 0 Å². The lowest BCUT2D eigenvalue weighted by atomic mass is 10.0. The highest BCUT2D eigenvalue weighted by atomic mass is 16.6. The fourth-order valence-corrected chi connectivity index (χ4v) is 3.37. The molecule has 3 N–H and O–H groups in total. The maximum absolute atomic E-state index is 13.2. The maximum Gasteiger partial charge on any atom is 0.408 e. The van der Waals surface area contributed by atoms with E-state index in [0.717, 1.165) is 16.3 Å². The quantitative estimate of drug-likeness (QED) is 0.511. The van der Waals surface area contributed by atoms with E-state index in [1.54, 1.807) is 39.0 Å². The molecular formula is C26H29N3O4. The number of carbonyl (C=O) groups is 3. The molecule has 0 aliphatic heterocycles. The van der Waals surface area contributed by atoms with Gasteiger partial charge in [0, 0.05) is 19.2 Å². The van der Waals surface area contributed by atoms with Crippen LogP contribution in [0.3, 0.4) is 0 Å². The summed E-state index contributed by atoms with van der Waals surface area (Å²) in [7, 11) is 0. The first-order valence-corrected chi connectivity index (χ1v) is 10.7. The van der Waals surface area contributed by atoms with Gasteiger partial charge in [0.25, 0.3) is 0 Å². The molecule has 3 rings (SSSR count). The van der Waals surface area contributed by atoms with E-state index in [9.17, 15) is 14.4 Å². The van der Waals surface area contributed by atoms with Gasteiger partial charge in [-0.15, -0.1) is 0 Å². The third-order valence-electron chi connectivity index (χ3n) is 4.74. The largest absolute Gasteiger partial charge is 0.444 e. The number of anilines is 1. The van der Waals surface area contributed by atoms with Gasteiger partial charge in [0.2, 0.25) is 11.8 Å². The first-order valence-electron chi connectivity index (χ1n) is 10.7. The normalized spacial score (nSPS) is 12.0. The number of ether oxygens (including phenoxy) is 1. The van der Waals surface area contributed by atoms with Gasteiger partial charge in [-0.1, -0.05) is 48.5 Å². The molecule has 7 heteroatoms. The number of hydrogen-bond donors (Lipinski definition) is 3. The molecule has 3 aromatic rings. The van der Waals surface area contributed by atoms with Crippen molar-refractivity contribution in [1.82, 2.24) is 10.6 Å². The van der Waals surface area contributed by atoms with Crippen molar-refractivity contribution >= 4 is 34.4 Å². The highest BCUT2D eigenvalue weighted by Crippen LogP contribution is 2.22. The van der Waals surface area contributed by atoms with Gasteiger partial charge in [0.15, 0.2) is 0 Å².